The van der Waals surface area contributed by atoms with Gasteiger partial charge >= 0.3 is 0 Å². The van der Waals surface area contributed by atoms with Crippen molar-refractivity contribution in [1.82, 2.24) is 14.8 Å². The van der Waals surface area contributed by atoms with Crippen molar-refractivity contribution >= 4 is 17.7 Å². The van der Waals surface area contributed by atoms with E-state index in [1.165, 1.54) is 5.56 Å². The molecule has 5 heteroatoms. The van der Waals surface area contributed by atoms with E-state index >= 15 is 0 Å². The van der Waals surface area contributed by atoms with E-state index in [9.17, 15) is 4.79 Å². The van der Waals surface area contributed by atoms with E-state index in [-0.39, 0.29) is 6.04 Å². The lowest BCUT2D eigenvalue weighted by molar-refractivity contribution is -0.135. The highest BCUT2D eigenvalue weighted by molar-refractivity contribution is 7.99. The summed E-state index contributed by atoms with van der Waals surface area (Å²) >= 11 is 1.95. The third-order valence-corrected chi connectivity index (χ3v) is 5.35. The molecule has 114 valence electrons. The van der Waals surface area contributed by atoms with Gasteiger partial charge in [-0.2, -0.15) is 11.8 Å². The zero-order chi connectivity index (χ0) is 14.5. The summed E-state index contributed by atoms with van der Waals surface area (Å²) in [5, 5.41) is 0. The molecule has 0 unspecified atom stereocenters. The quantitative estimate of drug-likeness (QED) is 0.848. The molecule has 2 saturated heterocycles. The van der Waals surface area contributed by atoms with Crippen LogP contribution in [-0.2, 0) is 11.2 Å². The van der Waals surface area contributed by atoms with Gasteiger partial charge in [-0.1, -0.05) is 0 Å². The van der Waals surface area contributed by atoms with Gasteiger partial charge in [0.2, 0.25) is 5.91 Å². The molecular weight excluding hydrogens is 282 g/mol. The number of hydrogen-bond acceptors (Lipinski definition) is 4. The fourth-order valence-corrected chi connectivity index (χ4v) is 4.09. The van der Waals surface area contributed by atoms with E-state index < -0.39 is 0 Å². The summed E-state index contributed by atoms with van der Waals surface area (Å²) in [4.78, 5) is 21.2. The van der Waals surface area contributed by atoms with Crippen LogP contribution in [0, 0.1) is 0 Å². The van der Waals surface area contributed by atoms with Crippen LogP contribution < -0.4 is 0 Å². The van der Waals surface area contributed by atoms with E-state index in [1.807, 2.05) is 24.2 Å². The van der Waals surface area contributed by atoms with Gasteiger partial charge in [0, 0.05) is 43.5 Å². The topological polar surface area (TPSA) is 36.4 Å². The van der Waals surface area contributed by atoms with Crippen LogP contribution in [0.25, 0.3) is 0 Å². The second kappa shape index (κ2) is 7.27. The van der Waals surface area contributed by atoms with E-state index in [2.05, 4.69) is 26.9 Å². The van der Waals surface area contributed by atoms with Gasteiger partial charge in [0.05, 0.1) is 6.04 Å². The van der Waals surface area contributed by atoms with Gasteiger partial charge in [-0.25, -0.2) is 0 Å². The SMILES string of the molecule is O=C([C@H]1CCCN1CCc1ccncc1)N1CCSCC1. The second-order valence-corrected chi connectivity index (χ2v) is 6.96. The average molecular weight is 305 g/mol. The Labute approximate surface area is 130 Å². The van der Waals surface area contributed by atoms with E-state index in [4.69, 9.17) is 0 Å². The summed E-state index contributed by atoms with van der Waals surface area (Å²) in [5.74, 6) is 2.55. The number of rotatable bonds is 4. The van der Waals surface area contributed by atoms with E-state index in [1.54, 1.807) is 0 Å². The molecule has 3 heterocycles. The lowest BCUT2D eigenvalue weighted by Crippen LogP contribution is -2.48. The van der Waals surface area contributed by atoms with Crippen LogP contribution in [0.2, 0.25) is 0 Å². The predicted molar refractivity (Wildman–Crippen MR) is 86.4 cm³/mol. The van der Waals surface area contributed by atoms with Gasteiger partial charge in [-0.3, -0.25) is 14.7 Å². The molecule has 0 aliphatic carbocycles. The molecule has 1 aromatic heterocycles. The Morgan fingerprint density at radius 3 is 2.76 bits per heavy atom. The molecule has 0 saturated carbocycles. The number of aromatic nitrogens is 1. The highest BCUT2D eigenvalue weighted by Crippen LogP contribution is 2.21. The molecule has 3 rings (SSSR count). The molecule has 0 spiro atoms. The average Bonchev–Trinajstić information content (AvgIpc) is 3.02. The van der Waals surface area contributed by atoms with Gasteiger partial charge in [0.1, 0.15) is 0 Å². The molecule has 2 fully saturated rings. The van der Waals surface area contributed by atoms with Crippen molar-refractivity contribution in [2.75, 3.05) is 37.7 Å². The molecule has 21 heavy (non-hydrogen) atoms. The smallest absolute Gasteiger partial charge is 0.239 e. The zero-order valence-corrected chi connectivity index (χ0v) is 13.2. The van der Waals surface area contributed by atoms with Crippen LogP contribution >= 0.6 is 11.8 Å². The maximum absolute atomic E-state index is 12.7. The van der Waals surface area contributed by atoms with E-state index in [0.29, 0.717) is 5.91 Å². The Kier molecular flexibility index (Phi) is 5.14. The first-order valence-electron chi connectivity index (χ1n) is 7.84. The largest absolute Gasteiger partial charge is 0.340 e. The Balaban J connectivity index is 1.56. The number of hydrogen-bond donors (Lipinski definition) is 0. The van der Waals surface area contributed by atoms with Crippen LogP contribution in [0.1, 0.15) is 18.4 Å². The second-order valence-electron chi connectivity index (χ2n) is 5.74. The highest BCUT2D eigenvalue weighted by Gasteiger charge is 2.33. The highest BCUT2D eigenvalue weighted by atomic mass is 32.2. The van der Waals surface area contributed by atoms with Gasteiger partial charge in [0.15, 0.2) is 0 Å². The Bertz CT molecular complexity index is 462. The summed E-state index contributed by atoms with van der Waals surface area (Å²) < 4.78 is 0. The molecule has 0 radical (unpaired) electrons. The van der Waals surface area contributed by atoms with Crippen molar-refractivity contribution in [2.45, 2.75) is 25.3 Å². The van der Waals surface area contributed by atoms with Crippen molar-refractivity contribution < 1.29 is 4.79 Å². The molecule has 0 aromatic carbocycles. The number of carbonyl (C=O) groups excluding carboxylic acids is 1. The van der Waals surface area contributed by atoms with Crippen molar-refractivity contribution in [2.24, 2.45) is 0 Å². The number of nitrogens with zero attached hydrogens (tertiary/aromatic N) is 3. The van der Waals surface area contributed by atoms with Crippen molar-refractivity contribution in [1.29, 1.82) is 0 Å². The number of likely N-dealkylation sites (tertiary alicyclic amines) is 1. The van der Waals surface area contributed by atoms with Crippen LogP contribution in [0.15, 0.2) is 24.5 Å². The zero-order valence-electron chi connectivity index (χ0n) is 12.4. The molecule has 1 atom stereocenters. The first kappa shape index (κ1) is 14.9. The fraction of sp³-hybridized carbons (Fsp3) is 0.625. The monoisotopic (exact) mass is 305 g/mol. The van der Waals surface area contributed by atoms with Crippen molar-refractivity contribution in [3.05, 3.63) is 30.1 Å². The summed E-state index contributed by atoms with van der Waals surface area (Å²) in [6.45, 7) is 3.89. The van der Waals surface area contributed by atoms with Gasteiger partial charge in [-0.05, 0) is 43.5 Å². The third kappa shape index (κ3) is 3.77. The third-order valence-electron chi connectivity index (χ3n) is 4.41. The Morgan fingerprint density at radius 2 is 2.00 bits per heavy atom. The molecule has 0 bridgehead atoms. The molecule has 0 N–H and O–H groups in total. The van der Waals surface area contributed by atoms with Crippen LogP contribution in [-0.4, -0.2) is 64.4 Å². The maximum Gasteiger partial charge on any atom is 0.239 e. The first-order valence-corrected chi connectivity index (χ1v) is 8.99. The molecule has 2 aliphatic heterocycles. The van der Waals surface area contributed by atoms with E-state index in [0.717, 1.165) is 56.9 Å². The molecule has 4 nitrogen and oxygen atoms in total. The number of thioether (sulfide) groups is 1. The molecule has 1 aromatic rings. The lowest BCUT2D eigenvalue weighted by Gasteiger charge is -2.32. The van der Waals surface area contributed by atoms with Crippen molar-refractivity contribution in [3.63, 3.8) is 0 Å². The normalized spacial score (nSPS) is 23.4. The maximum atomic E-state index is 12.7. The number of amides is 1. The number of carbonyl (C=O) groups is 1. The molecular formula is C16H23N3OS. The van der Waals surface area contributed by atoms with Crippen LogP contribution in [0.5, 0.6) is 0 Å². The van der Waals surface area contributed by atoms with Gasteiger partial charge in [0.25, 0.3) is 0 Å². The minimum Gasteiger partial charge on any atom is -0.340 e. The lowest BCUT2D eigenvalue weighted by atomic mass is 10.1. The van der Waals surface area contributed by atoms with Crippen LogP contribution in [0.3, 0.4) is 0 Å². The summed E-state index contributed by atoms with van der Waals surface area (Å²) in [5.41, 5.74) is 1.30. The molecule has 1 amide bonds. The summed E-state index contributed by atoms with van der Waals surface area (Å²) in [6.07, 6.45) is 6.86. The Hall–Kier alpha value is -1.07. The Morgan fingerprint density at radius 1 is 1.24 bits per heavy atom. The van der Waals surface area contributed by atoms with Gasteiger partial charge in [-0.15, -0.1) is 0 Å². The minimum absolute atomic E-state index is 0.120. The summed E-state index contributed by atoms with van der Waals surface area (Å²) in [6, 6.07) is 4.25. The first-order chi connectivity index (χ1) is 10.3. The standard InChI is InChI=1S/C16H23N3OS/c20-16(19-10-12-21-13-11-19)15-2-1-8-18(15)9-5-14-3-6-17-7-4-14/h3-4,6-7,15H,1-2,5,8-13H2/t15-/m1/s1. The van der Waals surface area contributed by atoms with Gasteiger partial charge < -0.3 is 4.90 Å². The fourth-order valence-electron chi connectivity index (χ4n) is 3.19. The minimum atomic E-state index is 0.120. The molecule has 2 aliphatic rings. The summed E-state index contributed by atoms with van der Waals surface area (Å²) in [7, 11) is 0. The number of pyridine rings is 1. The predicted octanol–water partition coefficient (Wildman–Crippen LogP) is 1.66. The van der Waals surface area contributed by atoms with Crippen molar-refractivity contribution in [3.8, 4) is 0 Å². The van der Waals surface area contributed by atoms with Crippen LogP contribution in [0.4, 0.5) is 0 Å².